The van der Waals surface area contributed by atoms with Gasteiger partial charge in [-0.3, -0.25) is 4.79 Å². The molecule has 1 heterocycles. The van der Waals surface area contributed by atoms with Crippen LogP contribution >= 0.6 is 0 Å². The fourth-order valence-electron chi connectivity index (χ4n) is 4.36. The number of nitrogens with zero attached hydrogens (tertiary/aromatic N) is 2. The number of pyridine rings is 1. The van der Waals surface area contributed by atoms with Gasteiger partial charge in [0.05, 0.1) is 5.52 Å². The molecule has 1 saturated carbocycles. The second-order valence-corrected chi connectivity index (χ2v) is 8.84. The Labute approximate surface area is 190 Å². The Morgan fingerprint density at radius 1 is 0.969 bits per heavy atom. The van der Waals surface area contributed by atoms with Crippen molar-refractivity contribution in [1.29, 1.82) is 0 Å². The van der Waals surface area contributed by atoms with Crippen LogP contribution in [0, 0.1) is 0 Å². The number of carbonyl (C=O) groups excluding carboxylic acids is 1. The Morgan fingerprint density at radius 3 is 2.34 bits per heavy atom. The second kappa shape index (κ2) is 9.86. The van der Waals surface area contributed by atoms with Gasteiger partial charge in [0, 0.05) is 48.9 Å². The van der Waals surface area contributed by atoms with Crippen molar-refractivity contribution in [3.05, 3.63) is 71.8 Å². The van der Waals surface area contributed by atoms with Gasteiger partial charge >= 0.3 is 0 Å². The number of anilines is 2. The van der Waals surface area contributed by atoms with Gasteiger partial charge in [-0.25, -0.2) is 4.98 Å². The minimum absolute atomic E-state index is 0.0251. The Hall–Kier alpha value is -3.34. The summed E-state index contributed by atoms with van der Waals surface area (Å²) in [6.07, 6.45) is 5.90. The van der Waals surface area contributed by atoms with Crippen molar-refractivity contribution in [3.63, 3.8) is 0 Å². The molecule has 0 saturated heterocycles. The maximum atomic E-state index is 12.6. The van der Waals surface area contributed by atoms with E-state index in [9.17, 15) is 4.79 Å². The average Bonchev–Trinajstić information content (AvgIpc) is 2.80. The number of aromatic nitrogens is 1. The molecule has 166 valence electrons. The molecule has 0 atom stereocenters. The minimum atomic E-state index is 0.0251. The fraction of sp³-hybridized carbons (Fsp3) is 0.333. The third kappa shape index (κ3) is 5.28. The number of rotatable bonds is 6. The van der Waals surface area contributed by atoms with Crippen LogP contribution in [0.3, 0.4) is 0 Å². The predicted molar refractivity (Wildman–Crippen MR) is 134 cm³/mol. The molecule has 3 aromatic rings. The molecular weight excluding hydrogens is 396 g/mol. The summed E-state index contributed by atoms with van der Waals surface area (Å²) in [5.41, 5.74) is 3.96. The molecule has 1 aliphatic carbocycles. The molecule has 4 rings (SSSR count). The summed E-state index contributed by atoms with van der Waals surface area (Å²) in [5, 5.41) is 8.01. The lowest BCUT2D eigenvalue weighted by molar-refractivity contribution is -0.118. The lowest BCUT2D eigenvalue weighted by Gasteiger charge is -2.30. The van der Waals surface area contributed by atoms with Crippen LogP contribution in [0.2, 0.25) is 0 Å². The van der Waals surface area contributed by atoms with Crippen LogP contribution < -0.4 is 15.5 Å². The zero-order chi connectivity index (χ0) is 22.5. The Kier molecular flexibility index (Phi) is 6.74. The normalized spacial score (nSPS) is 18.9. The highest BCUT2D eigenvalue weighted by molar-refractivity contribution is 5.97. The number of fused-ring (bicyclic) bond motifs is 1. The summed E-state index contributed by atoms with van der Waals surface area (Å²) in [6, 6.07) is 20.9. The van der Waals surface area contributed by atoms with Gasteiger partial charge in [-0.2, -0.15) is 0 Å². The average molecular weight is 429 g/mol. The first-order chi connectivity index (χ1) is 15.5. The number of para-hydroxylation sites is 1. The van der Waals surface area contributed by atoms with E-state index in [0.29, 0.717) is 6.04 Å². The van der Waals surface area contributed by atoms with E-state index in [-0.39, 0.29) is 11.9 Å². The Bertz CT molecular complexity index is 1100. The first-order valence-electron chi connectivity index (χ1n) is 11.4. The molecule has 2 aromatic carbocycles. The van der Waals surface area contributed by atoms with Crippen molar-refractivity contribution in [2.75, 3.05) is 24.3 Å². The number of nitrogens with one attached hydrogen (secondary N) is 2. The van der Waals surface area contributed by atoms with Crippen molar-refractivity contribution in [2.45, 2.75) is 44.7 Å². The number of amides is 1. The standard InChI is InChI=1S/C27H32N4O/c1-19(17-20-9-5-4-6-10-20)27(32)29-22-15-13-21(14-16-22)28-26-18-25(31(2)3)23-11-7-8-12-24(23)30-26/h4-12,17-18,21-22H,13-16H2,1-3H3,(H,28,30)(H,29,32). The molecule has 0 radical (unpaired) electrons. The Balaban J connectivity index is 1.34. The fourth-order valence-corrected chi connectivity index (χ4v) is 4.36. The summed E-state index contributed by atoms with van der Waals surface area (Å²) in [7, 11) is 4.13. The van der Waals surface area contributed by atoms with Crippen LogP contribution in [0.25, 0.3) is 17.0 Å². The van der Waals surface area contributed by atoms with E-state index in [1.54, 1.807) is 0 Å². The number of hydrogen-bond donors (Lipinski definition) is 2. The van der Waals surface area contributed by atoms with Crippen molar-refractivity contribution < 1.29 is 4.79 Å². The smallest absolute Gasteiger partial charge is 0.247 e. The highest BCUT2D eigenvalue weighted by atomic mass is 16.1. The maximum Gasteiger partial charge on any atom is 0.247 e. The highest BCUT2D eigenvalue weighted by Crippen LogP contribution is 2.29. The molecule has 1 amide bonds. The zero-order valence-corrected chi connectivity index (χ0v) is 19.1. The Morgan fingerprint density at radius 2 is 1.62 bits per heavy atom. The zero-order valence-electron chi connectivity index (χ0n) is 19.1. The summed E-state index contributed by atoms with van der Waals surface area (Å²) < 4.78 is 0. The summed E-state index contributed by atoms with van der Waals surface area (Å²) in [4.78, 5) is 19.6. The van der Waals surface area contributed by atoms with E-state index in [4.69, 9.17) is 4.98 Å². The van der Waals surface area contributed by atoms with E-state index in [0.717, 1.165) is 53.5 Å². The molecule has 0 spiro atoms. The van der Waals surface area contributed by atoms with Gasteiger partial charge in [0.25, 0.3) is 0 Å². The minimum Gasteiger partial charge on any atom is -0.377 e. The molecule has 2 N–H and O–H groups in total. The van der Waals surface area contributed by atoms with Crippen molar-refractivity contribution in [1.82, 2.24) is 10.3 Å². The molecule has 1 aromatic heterocycles. The molecule has 5 heteroatoms. The molecule has 1 fully saturated rings. The van der Waals surface area contributed by atoms with Crippen LogP contribution in [0.15, 0.2) is 66.2 Å². The van der Waals surface area contributed by atoms with Gasteiger partial charge in [-0.15, -0.1) is 0 Å². The maximum absolute atomic E-state index is 12.6. The van der Waals surface area contributed by atoms with Crippen molar-refractivity contribution >= 4 is 34.4 Å². The van der Waals surface area contributed by atoms with Gasteiger partial charge in [-0.05, 0) is 50.3 Å². The largest absolute Gasteiger partial charge is 0.377 e. The summed E-state index contributed by atoms with van der Waals surface area (Å²) in [6.45, 7) is 1.88. The van der Waals surface area contributed by atoms with E-state index >= 15 is 0 Å². The van der Waals surface area contributed by atoms with Gasteiger partial charge < -0.3 is 15.5 Å². The van der Waals surface area contributed by atoms with E-state index in [1.165, 1.54) is 5.69 Å². The molecule has 0 aliphatic heterocycles. The van der Waals surface area contributed by atoms with Gasteiger partial charge in [0.2, 0.25) is 5.91 Å². The molecular formula is C27H32N4O. The predicted octanol–water partition coefficient (Wildman–Crippen LogP) is 5.24. The first-order valence-corrected chi connectivity index (χ1v) is 11.4. The van der Waals surface area contributed by atoms with Gasteiger partial charge in [0.1, 0.15) is 5.82 Å². The summed E-state index contributed by atoms with van der Waals surface area (Å²) in [5.74, 6) is 0.943. The lowest BCUT2D eigenvalue weighted by atomic mass is 9.91. The molecule has 0 unspecified atom stereocenters. The lowest BCUT2D eigenvalue weighted by Crippen LogP contribution is -2.40. The first kappa shape index (κ1) is 21.9. The third-order valence-corrected chi connectivity index (χ3v) is 6.13. The number of hydrogen-bond acceptors (Lipinski definition) is 4. The van der Waals surface area contributed by atoms with Crippen molar-refractivity contribution in [3.8, 4) is 0 Å². The van der Waals surface area contributed by atoms with Crippen molar-refractivity contribution in [2.24, 2.45) is 0 Å². The SMILES string of the molecule is CC(=Cc1ccccc1)C(=O)NC1CCC(Nc2cc(N(C)C)c3ccccc3n2)CC1. The summed E-state index contributed by atoms with van der Waals surface area (Å²) >= 11 is 0. The number of benzene rings is 2. The third-order valence-electron chi connectivity index (χ3n) is 6.13. The van der Waals surface area contributed by atoms with Gasteiger partial charge in [-0.1, -0.05) is 48.5 Å². The molecule has 1 aliphatic rings. The van der Waals surface area contributed by atoms with Crippen LogP contribution in [0.4, 0.5) is 11.5 Å². The quantitative estimate of drug-likeness (QED) is 0.527. The van der Waals surface area contributed by atoms with Crippen LogP contribution in [-0.2, 0) is 4.79 Å². The van der Waals surface area contributed by atoms with Gasteiger partial charge in [0.15, 0.2) is 0 Å². The topological polar surface area (TPSA) is 57.3 Å². The van der Waals surface area contributed by atoms with Crippen LogP contribution in [0.1, 0.15) is 38.2 Å². The van der Waals surface area contributed by atoms with Crippen LogP contribution in [-0.4, -0.2) is 37.1 Å². The van der Waals surface area contributed by atoms with E-state index in [2.05, 4.69) is 53.9 Å². The van der Waals surface area contributed by atoms with E-state index in [1.807, 2.05) is 49.4 Å². The molecule has 0 bridgehead atoms. The number of carbonyl (C=O) groups is 1. The second-order valence-electron chi connectivity index (χ2n) is 8.84. The van der Waals surface area contributed by atoms with E-state index < -0.39 is 0 Å². The van der Waals surface area contributed by atoms with Crippen LogP contribution in [0.5, 0.6) is 0 Å². The highest BCUT2D eigenvalue weighted by Gasteiger charge is 2.23. The molecule has 32 heavy (non-hydrogen) atoms. The monoisotopic (exact) mass is 428 g/mol. The molecule has 5 nitrogen and oxygen atoms in total.